The van der Waals surface area contributed by atoms with Crippen LogP contribution in [-0.4, -0.2) is 30.1 Å². The molecular weight excluding hydrogens is 220 g/mol. The Balaban J connectivity index is 1.93. The highest BCUT2D eigenvalue weighted by Crippen LogP contribution is 2.16. The first-order valence-corrected chi connectivity index (χ1v) is 7.16. The normalized spacial score (nSPS) is 25.6. The molecule has 100 valence electrons. The van der Waals surface area contributed by atoms with Crippen LogP contribution < -0.4 is 5.32 Å². The molecule has 18 heavy (non-hydrogen) atoms. The molecule has 2 atom stereocenters. The molecule has 1 N–H and O–H groups in total. The van der Waals surface area contributed by atoms with E-state index in [1.807, 2.05) is 0 Å². The number of nitrogens with zero attached hydrogens (tertiary/aromatic N) is 1. The van der Waals surface area contributed by atoms with Gasteiger partial charge in [-0.2, -0.15) is 0 Å². The smallest absolute Gasteiger partial charge is 0.0237 e. The quantitative estimate of drug-likeness (QED) is 0.879. The van der Waals surface area contributed by atoms with E-state index >= 15 is 0 Å². The third kappa shape index (κ3) is 3.82. The predicted octanol–water partition coefficient (Wildman–Crippen LogP) is 2.90. The Morgan fingerprint density at radius 1 is 1.28 bits per heavy atom. The van der Waals surface area contributed by atoms with Crippen molar-refractivity contribution >= 4 is 0 Å². The van der Waals surface area contributed by atoms with Gasteiger partial charge in [-0.1, -0.05) is 44.2 Å². The largest absolute Gasteiger partial charge is 0.311 e. The lowest BCUT2D eigenvalue weighted by atomic mass is 9.99. The van der Waals surface area contributed by atoms with Crippen molar-refractivity contribution in [1.82, 2.24) is 10.2 Å². The Labute approximate surface area is 111 Å². The van der Waals surface area contributed by atoms with E-state index in [9.17, 15) is 0 Å². The Kier molecular flexibility index (Phi) is 4.79. The predicted molar refractivity (Wildman–Crippen MR) is 77.6 cm³/mol. The Hall–Kier alpha value is -0.860. The van der Waals surface area contributed by atoms with E-state index < -0.39 is 0 Å². The minimum Gasteiger partial charge on any atom is -0.311 e. The molecular formula is C16H26N2. The number of nitrogens with one attached hydrogen (secondary N) is 1. The molecule has 1 aromatic carbocycles. The first-order chi connectivity index (χ1) is 8.65. The van der Waals surface area contributed by atoms with Crippen LogP contribution in [0.4, 0.5) is 0 Å². The standard InChI is InChI=1S/C16H26N2/c1-13(2)9-16-12-18(14(3)10-17-16)11-15-7-5-4-6-8-15/h4-8,13-14,16-17H,9-12H2,1-3H3. The van der Waals surface area contributed by atoms with E-state index in [2.05, 4.69) is 61.3 Å². The summed E-state index contributed by atoms with van der Waals surface area (Å²) in [6, 6.07) is 12.1. The summed E-state index contributed by atoms with van der Waals surface area (Å²) in [6.45, 7) is 10.3. The average Bonchev–Trinajstić information content (AvgIpc) is 2.34. The molecule has 0 aliphatic carbocycles. The van der Waals surface area contributed by atoms with Crippen LogP contribution in [0.1, 0.15) is 32.8 Å². The van der Waals surface area contributed by atoms with Gasteiger partial charge in [0, 0.05) is 31.7 Å². The first-order valence-electron chi connectivity index (χ1n) is 7.16. The van der Waals surface area contributed by atoms with Crippen LogP contribution in [0.5, 0.6) is 0 Å². The number of rotatable bonds is 4. The minimum atomic E-state index is 0.633. The summed E-state index contributed by atoms with van der Waals surface area (Å²) in [7, 11) is 0. The SMILES string of the molecule is CC(C)CC1CN(Cc2ccccc2)C(C)CN1. The van der Waals surface area contributed by atoms with Crippen molar-refractivity contribution in [2.75, 3.05) is 13.1 Å². The minimum absolute atomic E-state index is 0.633. The Morgan fingerprint density at radius 3 is 2.67 bits per heavy atom. The Bertz CT molecular complexity index is 347. The Morgan fingerprint density at radius 2 is 2.00 bits per heavy atom. The van der Waals surface area contributed by atoms with Crippen LogP contribution in [0.2, 0.25) is 0 Å². The van der Waals surface area contributed by atoms with Gasteiger partial charge in [-0.05, 0) is 24.8 Å². The van der Waals surface area contributed by atoms with Gasteiger partial charge < -0.3 is 5.32 Å². The maximum atomic E-state index is 3.67. The van der Waals surface area contributed by atoms with Gasteiger partial charge in [0.15, 0.2) is 0 Å². The zero-order chi connectivity index (χ0) is 13.0. The summed E-state index contributed by atoms with van der Waals surface area (Å²) in [4.78, 5) is 2.61. The average molecular weight is 246 g/mol. The van der Waals surface area contributed by atoms with Gasteiger partial charge in [0.2, 0.25) is 0 Å². The molecule has 1 aromatic rings. The van der Waals surface area contributed by atoms with Crippen molar-refractivity contribution in [1.29, 1.82) is 0 Å². The summed E-state index contributed by atoms with van der Waals surface area (Å²) in [5, 5.41) is 3.67. The molecule has 1 saturated heterocycles. The number of hydrogen-bond donors (Lipinski definition) is 1. The summed E-state index contributed by atoms with van der Waals surface area (Å²) >= 11 is 0. The van der Waals surface area contributed by atoms with Crippen LogP contribution in [0.15, 0.2) is 30.3 Å². The molecule has 0 saturated carbocycles. The lowest BCUT2D eigenvalue weighted by molar-refractivity contribution is 0.125. The monoisotopic (exact) mass is 246 g/mol. The second-order valence-corrected chi connectivity index (χ2v) is 6.00. The van der Waals surface area contributed by atoms with E-state index in [1.165, 1.54) is 18.5 Å². The molecule has 0 aromatic heterocycles. The lowest BCUT2D eigenvalue weighted by Gasteiger charge is -2.39. The highest BCUT2D eigenvalue weighted by atomic mass is 15.2. The van der Waals surface area contributed by atoms with E-state index in [0.717, 1.165) is 19.0 Å². The molecule has 0 bridgehead atoms. The first kappa shape index (κ1) is 13.6. The van der Waals surface area contributed by atoms with E-state index in [1.54, 1.807) is 0 Å². The number of piperazine rings is 1. The van der Waals surface area contributed by atoms with Crippen molar-refractivity contribution in [2.24, 2.45) is 5.92 Å². The molecule has 0 amide bonds. The molecule has 2 nitrogen and oxygen atoms in total. The lowest BCUT2D eigenvalue weighted by Crippen LogP contribution is -2.55. The van der Waals surface area contributed by atoms with E-state index in [0.29, 0.717) is 12.1 Å². The fraction of sp³-hybridized carbons (Fsp3) is 0.625. The van der Waals surface area contributed by atoms with Crippen molar-refractivity contribution in [3.8, 4) is 0 Å². The van der Waals surface area contributed by atoms with Crippen LogP contribution in [-0.2, 0) is 6.54 Å². The van der Waals surface area contributed by atoms with Crippen molar-refractivity contribution in [2.45, 2.75) is 45.8 Å². The zero-order valence-corrected chi connectivity index (χ0v) is 11.9. The fourth-order valence-corrected chi connectivity index (χ4v) is 2.76. The van der Waals surface area contributed by atoms with Gasteiger partial charge in [-0.15, -0.1) is 0 Å². The summed E-state index contributed by atoms with van der Waals surface area (Å²) in [5.41, 5.74) is 1.43. The second kappa shape index (κ2) is 6.35. The zero-order valence-electron chi connectivity index (χ0n) is 11.9. The third-order valence-corrected chi connectivity index (χ3v) is 3.76. The van der Waals surface area contributed by atoms with Gasteiger partial charge in [-0.25, -0.2) is 0 Å². The highest BCUT2D eigenvalue weighted by Gasteiger charge is 2.25. The molecule has 1 fully saturated rings. The third-order valence-electron chi connectivity index (χ3n) is 3.76. The van der Waals surface area contributed by atoms with Gasteiger partial charge in [0.25, 0.3) is 0 Å². The van der Waals surface area contributed by atoms with Crippen LogP contribution >= 0.6 is 0 Å². The topological polar surface area (TPSA) is 15.3 Å². The van der Waals surface area contributed by atoms with E-state index in [4.69, 9.17) is 0 Å². The number of hydrogen-bond acceptors (Lipinski definition) is 2. The molecule has 1 heterocycles. The maximum absolute atomic E-state index is 3.67. The van der Waals surface area contributed by atoms with Gasteiger partial charge >= 0.3 is 0 Å². The van der Waals surface area contributed by atoms with Crippen LogP contribution in [0.3, 0.4) is 0 Å². The van der Waals surface area contributed by atoms with Crippen molar-refractivity contribution in [3.63, 3.8) is 0 Å². The maximum Gasteiger partial charge on any atom is 0.0237 e. The summed E-state index contributed by atoms with van der Waals surface area (Å²) in [6.07, 6.45) is 1.28. The van der Waals surface area contributed by atoms with Crippen LogP contribution in [0.25, 0.3) is 0 Å². The van der Waals surface area contributed by atoms with Gasteiger partial charge in [0.1, 0.15) is 0 Å². The molecule has 1 aliphatic rings. The summed E-state index contributed by atoms with van der Waals surface area (Å²) < 4.78 is 0. The van der Waals surface area contributed by atoms with Gasteiger partial charge in [0.05, 0.1) is 0 Å². The molecule has 0 spiro atoms. The highest BCUT2D eigenvalue weighted by molar-refractivity contribution is 5.14. The molecule has 2 rings (SSSR count). The molecule has 2 heteroatoms. The summed E-state index contributed by atoms with van der Waals surface area (Å²) in [5.74, 6) is 0.773. The van der Waals surface area contributed by atoms with Crippen molar-refractivity contribution < 1.29 is 0 Å². The van der Waals surface area contributed by atoms with Gasteiger partial charge in [-0.3, -0.25) is 4.90 Å². The molecule has 2 unspecified atom stereocenters. The van der Waals surface area contributed by atoms with Crippen LogP contribution in [0, 0.1) is 5.92 Å². The molecule has 0 radical (unpaired) electrons. The fourth-order valence-electron chi connectivity index (χ4n) is 2.76. The van der Waals surface area contributed by atoms with E-state index in [-0.39, 0.29) is 0 Å². The number of benzene rings is 1. The van der Waals surface area contributed by atoms with Crippen molar-refractivity contribution in [3.05, 3.63) is 35.9 Å². The second-order valence-electron chi connectivity index (χ2n) is 6.00. The molecule has 1 aliphatic heterocycles.